The molecule has 0 aromatic rings. The second-order valence-corrected chi connectivity index (χ2v) is 7.03. The molecule has 2 aliphatic rings. The van der Waals surface area contributed by atoms with Gasteiger partial charge in [0, 0.05) is 36.1 Å². The highest BCUT2D eigenvalue weighted by Gasteiger charge is 2.57. The molecule has 6 atom stereocenters. The molecule has 0 heterocycles. The maximum atomic E-state index is 12.0. The Kier molecular flexibility index (Phi) is 8.15. The first-order valence-corrected chi connectivity index (χ1v) is 9.68. The third-order valence-corrected chi connectivity index (χ3v) is 5.37. The van der Waals surface area contributed by atoms with E-state index < -0.39 is 48.3 Å². The van der Waals surface area contributed by atoms with Gasteiger partial charge in [0.2, 0.25) is 0 Å². The van der Waals surface area contributed by atoms with Gasteiger partial charge in [0.15, 0.2) is 12.2 Å². The molecule has 162 valence electrons. The first kappa shape index (κ1) is 23.1. The van der Waals surface area contributed by atoms with Crippen molar-refractivity contribution in [3.05, 3.63) is 50.6 Å². The summed E-state index contributed by atoms with van der Waals surface area (Å²) in [5.74, 6) is -3.60. The number of carbonyl (C=O) groups is 4. The summed E-state index contributed by atoms with van der Waals surface area (Å²) in [6, 6.07) is 0. The summed E-state index contributed by atoms with van der Waals surface area (Å²) >= 11 is 0. The molecule has 6 unspecified atom stereocenters. The summed E-state index contributed by atoms with van der Waals surface area (Å²) in [5, 5.41) is 0. The highest BCUT2D eigenvalue weighted by atomic mass is 16.6. The lowest BCUT2D eigenvalue weighted by Gasteiger charge is -2.50. The number of hydrogen-bond acceptors (Lipinski definition) is 8. The van der Waals surface area contributed by atoms with E-state index in [9.17, 15) is 19.2 Å². The van der Waals surface area contributed by atoms with Gasteiger partial charge in [-0.15, -0.1) is 0 Å². The van der Waals surface area contributed by atoms with Crippen LogP contribution in [0.25, 0.3) is 0 Å². The molecule has 8 nitrogen and oxygen atoms in total. The summed E-state index contributed by atoms with van der Waals surface area (Å²) in [5.41, 5.74) is 0. The van der Waals surface area contributed by atoms with E-state index in [1.807, 2.05) is 0 Å². The number of esters is 4. The molecular weight excluding hydrogens is 392 g/mol. The van der Waals surface area contributed by atoms with Crippen molar-refractivity contribution in [2.45, 2.75) is 50.1 Å². The third-order valence-electron chi connectivity index (χ3n) is 5.37. The van der Waals surface area contributed by atoms with E-state index in [4.69, 9.17) is 18.9 Å². The van der Waals surface area contributed by atoms with Gasteiger partial charge < -0.3 is 18.9 Å². The van der Waals surface area contributed by atoms with Gasteiger partial charge in [0.1, 0.15) is 12.2 Å². The topological polar surface area (TPSA) is 105 Å². The van der Waals surface area contributed by atoms with E-state index in [1.165, 1.54) is 0 Å². The fourth-order valence-electron chi connectivity index (χ4n) is 4.17. The van der Waals surface area contributed by atoms with Crippen LogP contribution in [0.5, 0.6) is 0 Å². The summed E-state index contributed by atoms with van der Waals surface area (Å²) < 4.78 is 22.0. The quantitative estimate of drug-likeness (QED) is 0.336. The molecule has 2 fully saturated rings. The second-order valence-electron chi connectivity index (χ2n) is 7.03. The number of rotatable bonds is 8. The minimum absolute atomic E-state index is 0.286. The molecule has 2 aliphatic carbocycles. The average molecular weight is 418 g/mol. The highest BCUT2D eigenvalue weighted by Crippen LogP contribution is 2.45. The molecule has 0 amide bonds. The molecule has 2 saturated carbocycles. The largest absolute Gasteiger partial charge is 0.455 e. The van der Waals surface area contributed by atoms with Crippen molar-refractivity contribution in [3.63, 3.8) is 0 Å². The standard InChI is InChI=1S/C22H26O8/c1-5-15(23)27-19-13-11-9-10-12-14(13)20(28-16(24)6-2)22(30-18(26)8-4)21(19)29-17(25)7-3/h5-8,13-14,19-22H,1-4,9-12H2. The van der Waals surface area contributed by atoms with Crippen LogP contribution in [0.2, 0.25) is 0 Å². The molecule has 0 aromatic carbocycles. The Morgan fingerprint density at radius 1 is 0.533 bits per heavy atom. The van der Waals surface area contributed by atoms with Gasteiger partial charge in [-0.2, -0.15) is 0 Å². The Morgan fingerprint density at radius 2 is 0.800 bits per heavy atom. The van der Waals surface area contributed by atoms with Crippen LogP contribution in [0.3, 0.4) is 0 Å². The van der Waals surface area contributed by atoms with Gasteiger partial charge in [-0.05, 0) is 12.8 Å². The van der Waals surface area contributed by atoms with Crippen LogP contribution in [0.4, 0.5) is 0 Å². The van der Waals surface area contributed by atoms with Gasteiger partial charge in [-0.3, -0.25) is 0 Å². The smallest absolute Gasteiger partial charge is 0.330 e. The van der Waals surface area contributed by atoms with Crippen LogP contribution >= 0.6 is 0 Å². The van der Waals surface area contributed by atoms with Crippen LogP contribution in [-0.2, 0) is 38.1 Å². The highest BCUT2D eigenvalue weighted by molar-refractivity contribution is 5.83. The van der Waals surface area contributed by atoms with Crippen LogP contribution in [0.15, 0.2) is 50.6 Å². The van der Waals surface area contributed by atoms with E-state index in [2.05, 4.69) is 26.3 Å². The Hall–Kier alpha value is -3.16. The van der Waals surface area contributed by atoms with Gasteiger partial charge >= 0.3 is 23.9 Å². The minimum atomic E-state index is -1.22. The summed E-state index contributed by atoms with van der Waals surface area (Å²) in [6.45, 7) is 13.5. The van der Waals surface area contributed by atoms with Crippen LogP contribution in [0, 0.1) is 11.8 Å². The normalized spacial score (nSPS) is 29.9. The van der Waals surface area contributed by atoms with E-state index >= 15 is 0 Å². The monoisotopic (exact) mass is 418 g/mol. The lowest BCUT2D eigenvalue weighted by atomic mass is 9.65. The SMILES string of the molecule is C=CC(=O)OC1C2CCCCC2C(OC(=O)C=C)C(OC(=O)C=C)C1OC(=O)C=C. The summed E-state index contributed by atoms with van der Waals surface area (Å²) in [7, 11) is 0. The predicted molar refractivity (Wildman–Crippen MR) is 106 cm³/mol. The van der Waals surface area contributed by atoms with Gasteiger partial charge in [-0.1, -0.05) is 39.2 Å². The third kappa shape index (κ3) is 5.25. The van der Waals surface area contributed by atoms with E-state index in [-0.39, 0.29) is 11.8 Å². The lowest BCUT2D eigenvalue weighted by Crippen LogP contribution is -2.63. The fraction of sp³-hybridized carbons (Fsp3) is 0.455. The van der Waals surface area contributed by atoms with Gasteiger partial charge in [0.25, 0.3) is 0 Å². The molecule has 0 radical (unpaired) electrons. The minimum Gasteiger partial charge on any atom is -0.455 e. The van der Waals surface area contributed by atoms with Crippen molar-refractivity contribution in [2.75, 3.05) is 0 Å². The zero-order valence-electron chi connectivity index (χ0n) is 16.7. The molecule has 0 aromatic heterocycles. The van der Waals surface area contributed by atoms with Gasteiger partial charge in [0.05, 0.1) is 0 Å². The van der Waals surface area contributed by atoms with Crippen molar-refractivity contribution in [2.24, 2.45) is 11.8 Å². The molecule has 0 N–H and O–H groups in total. The van der Waals surface area contributed by atoms with Crippen molar-refractivity contribution in [1.29, 1.82) is 0 Å². The van der Waals surface area contributed by atoms with E-state index in [0.29, 0.717) is 12.8 Å². The Labute approximate surface area is 175 Å². The molecule has 0 saturated heterocycles. The lowest BCUT2D eigenvalue weighted by molar-refractivity contribution is -0.231. The Bertz CT molecular complexity index is 677. The zero-order chi connectivity index (χ0) is 22.3. The molecular formula is C22H26O8. The first-order valence-electron chi connectivity index (χ1n) is 9.68. The number of ether oxygens (including phenoxy) is 4. The van der Waals surface area contributed by atoms with Crippen molar-refractivity contribution in [1.82, 2.24) is 0 Å². The number of fused-ring (bicyclic) bond motifs is 1. The van der Waals surface area contributed by atoms with Crippen molar-refractivity contribution >= 4 is 23.9 Å². The maximum Gasteiger partial charge on any atom is 0.330 e. The van der Waals surface area contributed by atoms with Crippen LogP contribution in [-0.4, -0.2) is 48.3 Å². The van der Waals surface area contributed by atoms with Crippen LogP contribution in [0.1, 0.15) is 25.7 Å². The first-order chi connectivity index (χ1) is 14.4. The maximum absolute atomic E-state index is 12.0. The molecule has 0 bridgehead atoms. The fourth-order valence-corrected chi connectivity index (χ4v) is 4.17. The average Bonchev–Trinajstić information content (AvgIpc) is 2.77. The van der Waals surface area contributed by atoms with E-state index in [1.54, 1.807) is 0 Å². The zero-order valence-corrected chi connectivity index (χ0v) is 16.7. The molecule has 0 spiro atoms. The molecule has 8 heteroatoms. The van der Waals surface area contributed by atoms with Crippen LogP contribution < -0.4 is 0 Å². The number of carbonyl (C=O) groups excluding carboxylic acids is 4. The van der Waals surface area contributed by atoms with E-state index in [0.717, 1.165) is 37.1 Å². The van der Waals surface area contributed by atoms with Crippen molar-refractivity contribution < 1.29 is 38.1 Å². The van der Waals surface area contributed by atoms with Gasteiger partial charge in [-0.25, -0.2) is 19.2 Å². The second kappa shape index (κ2) is 10.6. The van der Waals surface area contributed by atoms with Crippen molar-refractivity contribution in [3.8, 4) is 0 Å². The molecule has 30 heavy (non-hydrogen) atoms. The summed E-state index contributed by atoms with van der Waals surface area (Å²) in [4.78, 5) is 48.1. The molecule has 2 rings (SSSR count). The molecule has 0 aliphatic heterocycles. The predicted octanol–water partition coefficient (Wildman–Crippen LogP) is 2.20. The number of hydrogen-bond donors (Lipinski definition) is 0. The Balaban J connectivity index is 2.54. The Morgan fingerprint density at radius 3 is 1.07 bits per heavy atom. The summed E-state index contributed by atoms with van der Waals surface area (Å²) in [6.07, 6.45) is 2.59.